The highest BCUT2D eigenvalue weighted by atomic mass is 16.5. The molecule has 2 aliphatic rings. The maximum atomic E-state index is 13.5. The molecule has 0 bridgehead atoms. The van der Waals surface area contributed by atoms with Crippen molar-refractivity contribution in [2.75, 3.05) is 26.2 Å². The molecular formula is C30H30N4O2. The van der Waals surface area contributed by atoms with E-state index >= 15 is 0 Å². The first-order chi connectivity index (χ1) is 17.5. The highest BCUT2D eigenvalue weighted by Gasteiger charge is 2.27. The van der Waals surface area contributed by atoms with Gasteiger partial charge in [0.25, 0.3) is 0 Å². The molecule has 0 saturated heterocycles. The number of carbonyl (C=O) groups excluding carboxylic acids is 1. The van der Waals surface area contributed by atoms with Crippen LogP contribution in [0.2, 0.25) is 0 Å². The van der Waals surface area contributed by atoms with Gasteiger partial charge in [-0.15, -0.1) is 0 Å². The molecule has 6 nitrogen and oxygen atoms in total. The Hall–Kier alpha value is -4.06. The van der Waals surface area contributed by atoms with E-state index in [1.165, 1.54) is 11.1 Å². The fraction of sp³-hybridized carbons (Fsp3) is 0.267. The predicted molar refractivity (Wildman–Crippen MR) is 143 cm³/mol. The molecule has 0 radical (unpaired) electrons. The van der Waals surface area contributed by atoms with Crippen LogP contribution in [0.1, 0.15) is 28.9 Å². The second-order valence-corrected chi connectivity index (χ2v) is 9.68. The van der Waals surface area contributed by atoms with Crippen LogP contribution in [0.4, 0.5) is 4.79 Å². The molecule has 2 aliphatic heterocycles. The van der Waals surface area contributed by atoms with Crippen molar-refractivity contribution in [1.29, 1.82) is 0 Å². The van der Waals surface area contributed by atoms with Crippen molar-refractivity contribution < 1.29 is 9.53 Å². The first-order valence-corrected chi connectivity index (χ1v) is 12.6. The number of amides is 2. The number of aromatic amines is 1. The number of urea groups is 1. The maximum absolute atomic E-state index is 13.5. The monoisotopic (exact) mass is 478 g/mol. The molecule has 4 aromatic rings. The summed E-state index contributed by atoms with van der Waals surface area (Å²) >= 11 is 0. The van der Waals surface area contributed by atoms with E-state index < -0.39 is 0 Å². The molecule has 0 atom stereocenters. The molecule has 6 rings (SSSR count). The van der Waals surface area contributed by atoms with Crippen molar-refractivity contribution in [3.8, 4) is 16.9 Å². The summed E-state index contributed by atoms with van der Waals surface area (Å²) in [6.45, 7) is 7.03. The van der Waals surface area contributed by atoms with Crippen molar-refractivity contribution >= 4 is 22.6 Å². The first kappa shape index (κ1) is 22.4. The minimum absolute atomic E-state index is 0.0761. The predicted octanol–water partition coefficient (Wildman–Crippen LogP) is 5.95. The first-order valence-electron chi connectivity index (χ1n) is 12.6. The lowest BCUT2D eigenvalue weighted by atomic mass is 9.98. The Morgan fingerprint density at radius 1 is 0.944 bits per heavy atom. The van der Waals surface area contributed by atoms with Crippen LogP contribution < -0.4 is 4.74 Å². The third kappa shape index (κ3) is 4.24. The smallest absolute Gasteiger partial charge is 0.320 e. The van der Waals surface area contributed by atoms with E-state index in [4.69, 9.17) is 4.74 Å². The number of hydrogen-bond donors (Lipinski definition) is 1. The number of hydrogen-bond acceptors (Lipinski definition) is 3. The van der Waals surface area contributed by atoms with Gasteiger partial charge in [0, 0.05) is 18.7 Å². The van der Waals surface area contributed by atoms with Gasteiger partial charge in [-0.05, 0) is 72.4 Å². The summed E-state index contributed by atoms with van der Waals surface area (Å²) in [6, 6.07) is 21.1. The van der Waals surface area contributed by atoms with Gasteiger partial charge in [-0.3, -0.25) is 0 Å². The zero-order chi connectivity index (χ0) is 24.6. The van der Waals surface area contributed by atoms with Crippen LogP contribution >= 0.6 is 0 Å². The van der Waals surface area contributed by atoms with Gasteiger partial charge in [0.1, 0.15) is 18.2 Å². The van der Waals surface area contributed by atoms with Crippen molar-refractivity contribution in [1.82, 2.24) is 19.8 Å². The molecule has 0 saturated carbocycles. The highest BCUT2D eigenvalue weighted by molar-refractivity contribution is 5.83. The fourth-order valence-corrected chi connectivity index (χ4v) is 5.32. The van der Waals surface area contributed by atoms with E-state index in [1.807, 2.05) is 22.8 Å². The third-order valence-corrected chi connectivity index (χ3v) is 7.15. The maximum Gasteiger partial charge on any atom is 0.320 e. The fourth-order valence-electron chi connectivity index (χ4n) is 5.32. The van der Waals surface area contributed by atoms with Crippen LogP contribution in [0.15, 0.2) is 66.7 Å². The van der Waals surface area contributed by atoms with Gasteiger partial charge in [-0.2, -0.15) is 0 Å². The quantitative estimate of drug-likeness (QED) is 0.387. The molecule has 0 unspecified atom stereocenters. The van der Waals surface area contributed by atoms with Gasteiger partial charge in [0.15, 0.2) is 0 Å². The number of imidazole rings is 1. The Kier molecular flexibility index (Phi) is 5.72. The number of nitrogens with one attached hydrogen (secondary N) is 1. The number of aromatic nitrogens is 2. The van der Waals surface area contributed by atoms with Crippen molar-refractivity contribution in [3.05, 3.63) is 89.3 Å². The van der Waals surface area contributed by atoms with Crippen molar-refractivity contribution in [3.63, 3.8) is 0 Å². The molecule has 3 heterocycles. The Morgan fingerprint density at radius 2 is 1.81 bits per heavy atom. The Labute approximate surface area is 211 Å². The molecule has 1 aromatic heterocycles. The number of H-pyrrole nitrogens is 1. The van der Waals surface area contributed by atoms with E-state index in [1.54, 1.807) is 0 Å². The Bertz CT molecular complexity index is 1470. The van der Waals surface area contributed by atoms with Crippen molar-refractivity contribution in [2.24, 2.45) is 0 Å². The molecule has 0 fully saturated rings. The minimum atomic E-state index is 0.0761. The lowest BCUT2D eigenvalue weighted by Crippen LogP contribution is -2.45. The van der Waals surface area contributed by atoms with Crippen LogP contribution in [0.25, 0.3) is 27.7 Å². The van der Waals surface area contributed by atoms with Crippen molar-refractivity contribution in [2.45, 2.75) is 26.8 Å². The number of nitrogens with zero attached hydrogens (tertiary/aromatic N) is 3. The molecule has 0 spiro atoms. The summed E-state index contributed by atoms with van der Waals surface area (Å²) in [5.41, 5.74) is 8.93. The van der Waals surface area contributed by atoms with E-state index in [0.29, 0.717) is 26.2 Å². The average Bonchev–Trinajstić information content (AvgIpc) is 3.14. The summed E-state index contributed by atoms with van der Waals surface area (Å²) < 4.78 is 6.15. The van der Waals surface area contributed by atoms with E-state index in [9.17, 15) is 4.79 Å². The van der Waals surface area contributed by atoms with E-state index in [0.717, 1.165) is 57.8 Å². The normalized spacial score (nSPS) is 15.8. The molecule has 182 valence electrons. The number of rotatable bonds is 2. The average molecular weight is 479 g/mol. The minimum Gasteiger partial charge on any atom is -0.491 e. The number of aryl methyl sites for hydroxylation is 2. The zero-order valence-corrected chi connectivity index (χ0v) is 20.8. The summed E-state index contributed by atoms with van der Waals surface area (Å²) in [4.78, 5) is 25.2. The topological polar surface area (TPSA) is 61.5 Å². The van der Waals surface area contributed by atoms with Gasteiger partial charge >= 0.3 is 6.03 Å². The summed E-state index contributed by atoms with van der Waals surface area (Å²) in [5.74, 6) is 1.81. The molecule has 0 aliphatic carbocycles. The molecule has 2 amide bonds. The van der Waals surface area contributed by atoms with E-state index in [-0.39, 0.29) is 6.03 Å². The number of benzene rings is 3. The van der Waals surface area contributed by atoms with Crippen LogP contribution in [0.5, 0.6) is 5.75 Å². The molecule has 36 heavy (non-hydrogen) atoms. The highest BCUT2D eigenvalue weighted by Crippen LogP contribution is 2.34. The van der Waals surface area contributed by atoms with Gasteiger partial charge in [0.2, 0.25) is 0 Å². The molecule has 1 N–H and O–H groups in total. The number of carbonyl (C=O) groups is 1. The molecular weight excluding hydrogens is 448 g/mol. The van der Waals surface area contributed by atoms with Crippen LogP contribution in [0, 0.1) is 13.8 Å². The Morgan fingerprint density at radius 3 is 2.61 bits per heavy atom. The zero-order valence-electron chi connectivity index (χ0n) is 20.8. The van der Waals surface area contributed by atoms with Crippen LogP contribution in [-0.4, -0.2) is 52.0 Å². The summed E-state index contributed by atoms with van der Waals surface area (Å²) in [6.07, 6.45) is 3.06. The number of fused-ring (bicyclic) bond motifs is 2. The van der Waals surface area contributed by atoms with Crippen LogP contribution in [0.3, 0.4) is 0 Å². The molecule has 3 aromatic carbocycles. The lowest BCUT2D eigenvalue weighted by Gasteiger charge is -2.32. The van der Waals surface area contributed by atoms with Gasteiger partial charge in [0.05, 0.1) is 24.1 Å². The lowest BCUT2D eigenvalue weighted by molar-refractivity contribution is 0.149. The van der Waals surface area contributed by atoms with E-state index in [2.05, 4.69) is 77.6 Å². The number of ether oxygens (including phenoxy) is 1. The molecule has 6 heteroatoms. The Balaban J connectivity index is 1.24. The largest absolute Gasteiger partial charge is 0.491 e. The second-order valence-electron chi connectivity index (χ2n) is 9.68. The summed E-state index contributed by atoms with van der Waals surface area (Å²) in [5, 5.41) is 0. The van der Waals surface area contributed by atoms with Gasteiger partial charge in [-0.25, -0.2) is 9.78 Å². The third-order valence-electron chi connectivity index (χ3n) is 7.15. The summed E-state index contributed by atoms with van der Waals surface area (Å²) in [7, 11) is 0. The standard InChI is InChI=1S/C30H30N4O2/c1-20-16-25(24-8-9-27-28(18-24)32-21(2)31-27)17-26-19-34(14-15-36-29(20)26)30(35)33-12-10-23(11-13-33)22-6-4-3-5-7-22/h3-10,16-18H,11-15,19H2,1-2H3,(H,31,32). The SMILES string of the molecule is Cc1nc2ccc(-c3cc(C)c4c(c3)CN(C(=O)N3CC=C(c5ccccc5)CC3)CCO4)cc2[nH]1. The second kappa shape index (κ2) is 9.19. The van der Waals surface area contributed by atoms with Crippen LogP contribution in [-0.2, 0) is 6.54 Å². The van der Waals surface area contributed by atoms with Gasteiger partial charge in [-0.1, -0.05) is 42.5 Å². The van der Waals surface area contributed by atoms with Gasteiger partial charge < -0.3 is 19.5 Å².